The van der Waals surface area contributed by atoms with Gasteiger partial charge in [-0.25, -0.2) is 4.57 Å². The monoisotopic (exact) mass is 859 g/mol. The van der Waals surface area contributed by atoms with Gasteiger partial charge in [0.1, 0.15) is 43.2 Å². The van der Waals surface area contributed by atoms with Crippen LogP contribution < -0.4 is 0 Å². The van der Waals surface area contributed by atoms with Crippen LogP contribution in [0.4, 0.5) is 0 Å². The molecule has 1 fully saturated rings. The number of phosphoric ester groups is 1. The molecule has 0 spiro atoms. The maximum Gasteiger partial charge on any atom is 0.472 e. The third kappa shape index (κ3) is 28.1. The molecule has 0 amide bonds. The summed E-state index contributed by atoms with van der Waals surface area (Å²) < 4.78 is 33.4. The molecule has 342 valence electrons. The third-order valence-corrected chi connectivity index (χ3v) is 11.1. The van der Waals surface area contributed by atoms with E-state index in [-0.39, 0.29) is 12.8 Å². The van der Waals surface area contributed by atoms with Gasteiger partial charge < -0.3 is 39.9 Å². The molecule has 0 aromatic heterocycles. The zero-order valence-electron chi connectivity index (χ0n) is 36.0. The van der Waals surface area contributed by atoms with Crippen LogP contribution in [0.5, 0.6) is 0 Å². The summed E-state index contributed by atoms with van der Waals surface area (Å²) in [6.45, 7) is 3.21. The molecule has 0 aromatic rings. The van der Waals surface area contributed by atoms with E-state index >= 15 is 0 Å². The van der Waals surface area contributed by atoms with Crippen molar-refractivity contribution >= 4 is 19.8 Å². The van der Waals surface area contributed by atoms with E-state index in [2.05, 4.69) is 50.3 Å². The lowest BCUT2D eigenvalue weighted by Gasteiger charge is -2.41. The highest BCUT2D eigenvalue weighted by molar-refractivity contribution is 7.47. The fourth-order valence-corrected chi connectivity index (χ4v) is 7.45. The van der Waals surface area contributed by atoms with Gasteiger partial charge in [-0.15, -0.1) is 0 Å². The Bertz CT molecular complexity index is 1220. The summed E-state index contributed by atoms with van der Waals surface area (Å²) in [6.07, 6.45) is 27.5. The Labute approximate surface area is 354 Å². The first-order valence-electron chi connectivity index (χ1n) is 22.4. The molecule has 1 rings (SSSR count). The second-order valence-electron chi connectivity index (χ2n) is 15.5. The zero-order chi connectivity index (χ0) is 43.6. The number of ether oxygens (including phenoxy) is 2. The van der Waals surface area contributed by atoms with Gasteiger partial charge in [-0.2, -0.15) is 0 Å². The third-order valence-electron chi connectivity index (χ3n) is 10.1. The number of phosphoric acid groups is 1. The normalized spacial score (nSPS) is 22.8. The molecule has 1 saturated carbocycles. The van der Waals surface area contributed by atoms with Gasteiger partial charge in [0.2, 0.25) is 0 Å². The van der Waals surface area contributed by atoms with Crippen molar-refractivity contribution in [1.82, 2.24) is 0 Å². The second-order valence-corrected chi connectivity index (χ2v) is 16.9. The molecule has 8 atom stereocenters. The number of carbonyl (C=O) groups excluding carboxylic acids is 2. The lowest BCUT2D eigenvalue weighted by molar-refractivity contribution is -0.220. The van der Waals surface area contributed by atoms with Crippen molar-refractivity contribution in [3.63, 3.8) is 0 Å². The van der Waals surface area contributed by atoms with Crippen LogP contribution in [0.2, 0.25) is 0 Å². The molecule has 6 unspecified atom stereocenters. The zero-order valence-corrected chi connectivity index (χ0v) is 36.9. The van der Waals surface area contributed by atoms with Crippen LogP contribution in [0.15, 0.2) is 48.6 Å². The van der Waals surface area contributed by atoms with Crippen molar-refractivity contribution in [2.75, 3.05) is 13.2 Å². The van der Waals surface area contributed by atoms with Crippen LogP contribution in [-0.2, 0) is 32.7 Å². The molecule has 1 aliphatic carbocycles. The van der Waals surface area contributed by atoms with E-state index in [1.54, 1.807) is 0 Å². The topological polar surface area (TPSA) is 210 Å². The number of allylic oxidation sites excluding steroid dienone is 8. The van der Waals surface area contributed by atoms with Crippen LogP contribution in [-0.4, -0.2) is 98.3 Å². The van der Waals surface area contributed by atoms with Crippen LogP contribution in [0.1, 0.15) is 168 Å². The summed E-state index contributed by atoms with van der Waals surface area (Å²) in [7, 11) is -5.13. The molecule has 13 nitrogen and oxygen atoms in total. The average Bonchev–Trinajstić information content (AvgIpc) is 3.21. The number of aliphatic hydroxyl groups excluding tert-OH is 5. The van der Waals surface area contributed by atoms with E-state index in [9.17, 15) is 44.6 Å². The van der Waals surface area contributed by atoms with E-state index in [0.29, 0.717) is 19.3 Å². The first-order chi connectivity index (χ1) is 28.4. The van der Waals surface area contributed by atoms with Crippen molar-refractivity contribution in [3.8, 4) is 0 Å². The number of hydrogen-bond acceptors (Lipinski definition) is 12. The van der Waals surface area contributed by atoms with E-state index in [4.69, 9.17) is 18.5 Å². The molecular formula is C45H79O13P. The lowest BCUT2D eigenvalue weighted by atomic mass is 9.85. The van der Waals surface area contributed by atoms with Crippen LogP contribution in [0, 0.1) is 0 Å². The molecule has 0 aliphatic heterocycles. The van der Waals surface area contributed by atoms with Crippen molar-refractivity contribution in [3.05, 3.63) is 48.6 Å². The summed E-state index contributed by atoms with van der Waals surface area (Å²) in [5.74, 6) is -1.18. The molecule has 0 aromatic carbocycles. The van der Waals surface area contributed by atoms with E-state index in [1.807, 2.05) is 12.2 Å². The largest absolute Gasteiger partial charge is 0.472 e. The molecule has 0 radical (unpaired) electrons. The number of esters is 2. The fourth-order valence-electron chi connectivity index (χ4n) is 6.47. The summed E-state index contributed by atoms with van der Waals surface area (Å²) in [5.41, 5.74) is 0. The minimum absolute atomic E-state index is 0.0647. The van der Waals surface area contributed by atoms with Gasteiger partial charge in [0.05, 0.1) is 6.61 Å². The molecule has 0 bridgehead atoms. The summed E-state index contributed by atoms with van der Waals surface area (Å²) in [5, 5.41) is 50.1. The lowest BCUT2D eigenvalue weighted by Crippen LogP contribution is -2.64. The maximum absolute atomic E-state index is 12.8. The van der Waals surface area contributed by atoms with Gasteiger partial charge in [-0.1, -0.05) is 133 Å². The number of aliphatic hydroxyl groups is 5. The van der Waals surface area contributed by atoms with E-state index in [1.165, 1.54) is 77.0 Å². The first kappa shape index (κ1) is 54.8. The van der Waals surface area contributed by atoms with Gasteiger partial charge in [-0.05, 0) is 70.6 Å². The van der Waals surface area contributed by atoms with Gasteiger partial charge in [0, 0.05) is 12.8 Å². The number of hydrogen-bond donors (Lipinski definition) is 6. The Balaban J connectivity index is 2.52. The maximum atomic E-state index is 12.8. The highest BCUT2D eigenvalue weighted by Crippen LogP contribution is 2.47. The van der Waals surface area contributed by atoms with E-state index < -0.39 is 75.7 Å². The summed E-state index contributed by atoms with van der Waals surface area (Å²) in [6, 6.07) is 0. The summed E-state index contributed by atoms with van der Waals surface area (Å²) in [4.78, 5) is 35.6. The predicted octanol–water partition coefficient (Wildman–Crippen LogP) is 8.39. The summed E-state index contributed by atoms with van der Waals surface area (Å²) >= 11 is 0. The molecule has 14 heteroatoms. The van der Waals surface area contributed by atoms with Gasteiger partial charge in [-0.3, -0.25) is 18.6 Å². The smallest absolute Gasteiger partial charge is 0.462 e. The highest BCUT2D eigenvalue weighted by Gasteiger charge is 2.51. The van der Waals surface area contributed by atoms with Crippen molar-refractivity contribution in [2.24, 2.45) is 0 Å². The standard InChI is InChI=1S/C45H79O13P/c1-3-5-7-9-11-13-15-17-18-19-20-22-23-25-27-29-31-33-38(46)55-35-37(36-56-59(53,54)58-45-43(51)41(49)40(48)42(50)44(45)52)57-39(47)34-32-30-28-26-24-21-16-14-12-10-8-6-4-2/h17-18,20-22,24-25,27,37,40-45,48-52H,3-16,19,23,26,28-36H2,1-2H3,(H,53,54)/b18-17+,22-20+,24-21+,27-25+/t37-,40?,41-,42?,43?,44?,45?/m0/s1. The number of rotatable bonds is 36. The predicted molar refractivity (Wildman–Crippen MR) is 230 cm³/mol. The molecule has 59 heavy (non-hydrogen) atoms. The Morgan fingerprint density at radius 3 is 1.46 bits per heavy atom. The molecular weight excluding hydrogens is 779 g/mol. The SMILES string of the molecule is CCCCCCCC/C=C/C/C=C/C/C=C/CCCC(=O)OC[C@@H](COP(=O)(O)OC1C(O)C(O)C(O)[C@H](O)C1O)OC(=O)CCCCC/C=C/CCCCCCCC. The Morgan fingerprint density at radius 2 is 0.932 bits per heavy atom. The fraction of sp³-hybridized carbons (Fsp3) is 0.778. The molecule has 1 aliphatic rings. The highest BCUT2D eigenvalue weighted by atomic mass is 31.2. The van der Waals surface area contributed by atoms with Gasteiger partial charge >= 0.3 is 19.8 Å². The van der Waals surface area contributed by atoms with Crippen LogP contribution in [0.3, 0.4) is 0 Å². The minimum atomic E-state index is -5.13. The van der Waals surface area contributed by atoms with Crippen LogP contribution >= 0.6 is 7.82 Å². The minimum Gasteiger partial charge on any atom is -0.462 e. The Kier molecular flexibility index (Phi) is 32.9. The van der Waals surface area contributed by atoms with E-state index in [0.717, 1.165) is 44.9 Å². The first-order valence-corrected chi connectivity index (χ1v) is 23.9. The quantitative estimate of drug-likeness (QED) is 0.0152. The van der Waals surface area contributed by atoms with Crippen molar-refractivity contribution in [2.45, 2.75) is 211 Å². The van der Waals surface area contributed by atoms with Gasteiger partial charge in [0.25, 0.3) is 0 Å². The Hall–Kier alpha value is -2.19. The molecule has 0 saturated heterocycles. The Morgan fingerprint density at radius 1 is 0.525 bits per heavy atom. The molecule has 0 heterocycles. The number of unbranched alkanes of at least 4 members (excludes halogenated alkanes) is 16. The van der Waals surface area contributed by atoms with Crippen molar-refractivity contribution < 1.29 is 63.1 Å². The van der Waals surface area contributed by atoms with Crippen LogP contribution in [0.25, 0.3) is 0 Å². The average molecular weight is 859 g/mol. The number of carbonyl (C=O) groups is 2. The molecule has 6 N–H and O–H groups in total. The van der Waals surface area contributed by atoms with Crippen molar-refractivity contribution in [1.29, 1.82) is 0 Å². The second kappa shape index (κ2) is 35.4. The van der Waals surface area contributed by atoms with Gasteiger partial charge in [0.15, 0.2) is 6.10 Å².